The van der Waals surface area contributed by atoms with Gasteiger partial charge < -0.3 is 10.2 Å². The second-order valence-electron chi connectivity index (χ2n) is 5.51. The van der Waals surface area contributed by atoms with Crippen molar-refractivity contribution >= 4 is 17.3 Å². The van der Waals surface area contributed by atoms with Crippen molar-refractivity contribution in [3.05, 3.63) is 28.8 Å². The predicted octanol–water partition coefficient (Wildman–Crippen LogP) is 3.83. The highest BCUT2D eigenvalue weighted by molar-refractivity contribution is 6.31. The summed E-state index contributed by atoms with van der Waals surface area (Å²) in [7, 11) is 2.17. The van der Waals surface area contributed by atoms with E-state index in [1.54, 1.807) is 0 Å². The number of nitrogens with one attached hydrogen (secondary N) is 1. The van der Waals surface area contributed by atoms with Crippen LogP contribution in [0.3, 0.4) is 0 Å². The summed E-state index contributed by atoms with van der Waals surface area (Å²) >= 11 is 6.36. The topological polar surface area (TPSA) is 15.3 Å². The molecule has 1 aliphatic carbocycles. The van der Waals surface area contributed by atoms with Crippen molar-refractivity contribution in [1.29, 1.82) is 0 Å². The second-order valence-corrected chi connectivity index (χ2v) is 5.91. The average molecular weight is 267 g/mol. The molecular formula is C15H23ClN2. The largest absolute Gasteiger partial charge is 0.372 e. The standard InChI is InChI=1S/C15H23ClN2/c1-11(2)17-10-12-7-8-14(9-15(12)16)18(3)13-5-4-6-13/h7-9,11,13,17H,4-6,10H2,1-3H3. The number of hydrogen-bond acceptors (Lipinski definition) is 2. The van der Waals surface area contributed by atoms with Crippen LogP contribution in [0.5, 0.6) is 0 Å². The lowest BCUT2D eigenvalue weighted by Gasteiger charge is -2.36. The summed E-state index contributed by atoms with van der Waals surface area (Å²) in [6, 6.07) is 7.61. The third-order valence-corrected chi connectivity index (χ3v) is 4.12. The number of halogens is 1. The molecule has 0 aliphatic heterocycles. The summed E-state index contributed by atoms with van der Waals surface area (Å²) in [4.78, 5) is 2.36. The average Bonchev–Trinajstić information content (AvgIpc) is 2.24. The van der Waals surface area contributed by atoms with E-state index in [4.69, 9.17) is 11.6 Å². The van der Waals surface area contributed by atoms with Gasteiger partial charge in [-0.05, 0) is 37.0 Å². The summed E-state index contributed by atoms with van der Waals surface area (Å²) in [6.07, 6.45) is 3.98. The van der Waals surface area contributed by atoms with Crippen molar-refractivity contribution in [1.82, 2.24) is 5.32 Å². The van der Waals surface area contributed by atoms with E-state index < -0.39 is 0 Å². The molecule has 1 fully saturated rings. The first-order valence-electron chi connectivity index (χ1n) is 6.82. The van der Waals surface area contributed by atoms with E-state index in [0.717, 1.165) is 11.6 Å². The molecule has 1 aromatic carbocycles. The molecule has 1 aliphatic rings. The summed E-state index contributed by atoms with van der Waals surface area (Å²) in [5.41, 5.74) is 2.41. The predicted molar refractivity (Wildman–Crippen MR) is 79.5 cm³/mol. The first-order chi connectivity index (χ1) is 8.58. The first kappa shape index (κ1) is 13.7. The zero-order chi connectivity index (χ0) is 13.1. The van der Waals surface area contributed by atoms with Crippen LogP contribution >= 0.6 is 11.6 Å². The first-order valence-corrected chi connectivity index (χ1v) is 7.20. The van der Waals surface area contributed by atoms with E-state index in [1.165, 1.54) is 30.5 Å². The van der Waals surface area contributed by atoms with Crippen LogP contribution in [0.15, 0.2) is 18.2 Å². The molecule has 18 heavy (non-hydrogen) atoms. The van der Waals surface area contributed by atoms with Gasteiger partial charge in [0.1, 0.15) is 0 Å². The zero-order valence-corrected chi connectivity index (χ0v) is 12.3. The molecule has 0 spiro atoms. The lowest BCUT2D eigenvalue weighted by molar-refractivity contribution is 0.401. The minimum absolute atomic E-state index is 0.485. The van der Waals surface area contributed by atoms with Crippen molar-refractivity contribution < 1.29 is 0 Å². The van der Waals surface area contributed by atoms with Gasteiger partial charge in [-0.1, -0.05) is 31.5 Å². The van der Waals surface area contributed by atoms with E-state index in [2.05, 4.69) is 49.3 Å². The lowest BCUT2D eigenvalue weighted by Crippen LogP contribution is -2.37. The molecule has 0 radical (unpaired) electrons. The minimum Gasteiger partial charge on any atom is -0.372 e. The summed E-state index contributed by atoms with van der Waals surface area (Å²) in [5.74, 6) is 0. The molecule has 2 rings (SSSR count). The van der Waals surface area contributed by atoms with Gasteiger partial charge in [-0.3, -0.25) is 0 Å². The van der Waals surface area contributed by atoms with Crippen LogP contribution in [0.4, 0.5) is 5.69 Å². The van der Waals surface area contributed by atoms with Crippen molar-refractivity contribution in [3.8, 4) is 0 Å². The molecule has 2 nitrogen and oxygen atoms in total. The normalized spacial score (nSPS) is 15.8. The molecule has 0 unspecified atom stereocenters. The van der Waals surface area contributed by atoms with Crippen LogP contribution in [0, 0.1) is 0 Å². The van der Waals surface area contributed by atoms with Crippen molar-refractivity contribution in [2.75, 3.05) is 11.9 Å². The summed E-state index contributed by atoms with van der Waals surface area (Å²) in [5, 5.41) is 4.27. The van der Waals surface area contributed by atoms with Gasteiger partial charge in [-0.25, -0.2) is 0 Å². The van der Waals surface area contributed by atoms with Crippen LogP contribution in [0.1, 0.15) is 38.7 Å². The Morgan fingerprint density at radius 2 is 2.11 bits per heavy atom. The molecule has 1 saturated carbocycles. The highest BCUT2D eigenvalue weighted by atomic mass is 35.5. The molecule has 1 aromatic rings. The van der Waals surface area contributed by atoms with E-state index in [1.807, 2.05) is 0 Å². The molecule has 1 N–H and O–H groups in total. The molecule has 0 heterocycles. The maximum Gasteiger partial charge on any atom is 0.0471 e. The Morgan fingerprint density at radius 3 is 2.61 bits per heavy atom. The van der Waals surface area contributed by atoms with Gasteiger partial charge >= 0.3 is 0 Å². The molecule has 100 valence electrons. The highest BCUT2D eigenvalue weighted by Crippen LogP contribution is 2.30. The Bertz CT molecular complexity index is 399. The van der Waals surface area contributed by atoms with Crippen LogP contribution in [0.25, 0.3) is 0 Å². The van der Waals surface area contributed by atoms with Crippen molar-refractivity contribution in [2.24, 2.45) is 0 Å². The fourth-order valence-electron chi connectivity index (χ4n) is 2.20. The van der Waals surface area contributed by atoms with E-state index in [-0.39, 0.29) is 0 Å². The van der Waals surface area contributed by atoms with Gasteiger partial charge in [0, 0.05) is 36.4 Å². The van der Waals surface area contributed by atoms with Gasteiger partial charge in [0.15, 0.2) is 0 Å². The smallest absolute Gasteiger partial charge is 0.0471 e. The quantitative estimate of drug-likeness (QED) is 0.871. The van der Waals surface area contributed by atoms with E-state index >= 15 is 0 Å². The van der Waals surface area contributed by atoms with Gasteiger partial charge in [0.05, 0.1) is 0 Å². The maximum atomic E-state index is 6.36. The summed E-state index contributed by atoms with van der Waals surface area (Å²) < 4.78 is 0. The lowest BCUT2D eigenvalue weighted by atomic mass is 9.91. The molecule has 0 amide bonds. The highest BCUT2D eigenvalue weighted by Gasteiger charge is 2.22. The Morgan fingerprint density at radius 1 is 1.39 bits per heavy atom. The van der Waals surface area contributed by atoms with Crippen LogP contribution in [-0.4, -0.2) is 19.1 Å². The number of anilines is 1. The number of nitrogens with zero attached hydrogens (tertiary/aromatic N) is 1. The number of benzene rings is 1. The third kappa shape index (κ3) is 3.18. The Kier molecular flexibility index (Phi) is 4.52. The second kappa shape index (κ2) is 5.94. The monoisotopic (exact) mass is 266 g/mol. The number of hydrogen-bond donors (Lipinski definition) is 1. The molecule has 0 atom stereocenters. The van der Waals surface area contributed by atoms with E-state index in [9.17, 15) is 0 Å². The molecular weight excluding hydrogens is 244 g/mol. The Labute approximate surface area is 115 Å². The third-order valence-electron chi connectivity index (χ3n) is 3.77. The van der Waals surface area contributed by atoms with Crippen molar-refractivity contribution in [2.45, 2.75) is 51.7 Å². The zero-order valence-electron chi connectivity index (χ0n) is 11.5. The maximum absolute atomic E-state index is 6.36. The molecule has 3 heteroatoms. The van der Waals surface area contributed by atoms with E-state index in [0.29, 0.717) is 12.1 Å². The molecule has 0 saturated heterocycles. The summed E-state index contributed by atoms with van der Waals surface area (Å²) in [6.45, 7) is 5.13. The minimum atomic E-state index is 0.485. The van der Waals surface area contributed by atoms with Crippen LogP contribution < -0.4 is 10.2 Å². The van der Waals surface area contributed by atoms with Crippen LogP contribution in [-0.2, 0) is 6.54 Å². The van der Waals surface area contributed by atoms with Gasteiger partial charge in [-0.15, -0.1) is 0 Å². The SMILES string of the molecule is CC(C)NCc1ccc(N(C)C2CCC2)cc1Cl. The fraction of sp³-hybridized carbons (Fsp3) is 0.600. The number of rotatable bonds is 5. The van der Waals surface area contributed by atoms with Gasteiger partial charge in [0.2, 0.25) is 0 Å². The van der Waals surface area contributed by atoms with Crippen LogP contribution in [0.2, 0.25) is 5.02 Å². The van der Waals surface area contributed by atoms with Gasteiger partial charge in [0.25, 0.3) is 0 Å². The Balaban J connectivity index is 2.04. The van der Waals surface area contributed by atoms with Crippen molar-refractivity contribution in [3.63, 3.8) is 0 Å². The fourth-order valence-corrected chi connectivity index (χ4v) is 2.44. The Hall–Kier alpha value is -0.730. The van der Waals surface area contributed by atoms with Gasteiger partial charge in [-0.2, -0.15) is 0 Å². The molecule has 0 aromatic heterocycles. The molecule has 0 bridgehead atoms.